The Bertz CT molecular complexity index is 1060. The number of aryl methyl sites for hydroxylation is 1. The van der Waals surface area contributed by atoms with Crippen molar-refractivity contribution in [3.05, 3.63) is 63.7 Å². The molecule has 3 rings (SSSR count). The Morgan fingerprint density at radius 3 is 2.59 bits per heavy atom. The predicted molar refractivity (Wildman–Crippen MR) is 121 cm³/mol. The maximum absolute atomic E-state index is 13.1. The van der Waals surface area contributed by atoms with E-state index in [4.69, 9.17) is 25.8 Å². The Balaban J connectivity index is 2.25. The molecule has 1 saturated heterocycles. The van der Waals surface area contributed by atoms with Crippen molar-refractivity contribution in [2.75, 3.05) is 34.0 Å². The molecule has 1 amide bonds. The Morgan fingerprint density at radius 1 is 1.19 bits per heavy atom. The van der Waals surface area contributed by atoms with Gasteiger partial charge in [-0.3, -0.25) is 9.59 Å². The lowest BCUT2D eigenvalue weighted by atomic mass is 9.94. The number of hydrogen-bond donors (Lipinski definition) is 1. The Hall–Kier alpha value is -3.03. The number of amides is 1. The molecule has 0 saturated carbocycles. The number of rotatable bonds is 8. The van der Waals surface area contributed by atoms with Crippen LogP contribution in [0.2, 0.25) is 5.02 Å². The number of aliphatic hydroxyl groups is 1. The summed E-state index contributed by atoms with van der Waals surface area (Å²) in [5, 5.41) is 11.6. The van der Waals surface area contributed by atoms with E-state index in [-0.39, 0.29) is 40.8 Å². The molecular weight excluding hydrogens is 434 g/mol. The largest absolute Gasteiger partial charge is 0.507 e. The molecule has 32 heavy (non-hydrogen) atoms. The van der Waals surface area contributed by atoms with Crippen molar-refractivity contribution in [1.82, 2.24) is 4.90 Å². The minimum Gasteiger partial charge on any atom is -0.507 e. The highest BCUT2D eigenvalue weighted by Crippen LogP contribution is 2.43. The number of halogens is 1. The summed E-state index contributed by atoms with van der Waals surface area (Å²) in [5.41, 5.74) is 1.60. The average molecular weight is 460 g/mol. The van der Waals surface area contributed by atoms with Crippen molar-refractivity contribution in [1.29, 1.82) is 0 Å². The van der Waals surface area contributed by atoms with Crippen molar-refractivity contribution in [3.63, 3.8) is 0 Å². The summed E-state index contributed by atoms with van der Waals surface area (Å²) in [5.74, 6) is -1.03. The van der Waals surface area contributed by atoms with Gasteiger partial charge in [-0.1, -0.05) is 23.7 Å². The van der Waals surface area contributed by atoms with Gasteiger partial charge in [-0.15, -0.1) is 0 Å². The molecule has 1 fully saturated rings. The first-order valence-electron chi connectivity index (χ1n) is 10.2. The van der Waals surface area contributed by atoms with Gasteiger partial charge in [-0.2, -0.15) is 0 Å². The highest BCUT2D eigenvalue weighted by molar-refractivity contribution is 6.46. The number of hydrogen-bond acceptors (Lipinski definition) is 6. The van der Waals surface area contributed by atoms with Gasteiger partial charge < -0.3 is 24.2 Å². The number of ketones is 1. The van der Waals surface area contributed by atoms with Crippen LogP contribution in [-0.2, 0) is 14.3 Å². The molecule has 0 aliphatic carbocycles. The Kier molecular flexibility index (Phi) is 7.43. The number of benzene rings is 2. The monoisotopic (exact) mass is 459 g/mol. The smallest absolute Gasteiger partial charge is 0.295 e. The third kappa shape index (κ3) is 4.45. The summed E-state index contributed by atoms with van der Waals surface area (Å²) >= 11 is 6.30. The zero-order chi connectivity index (χ0) is 23.4. The number of likely N-dealkylation sites (tertiary alicyclic amines) is 1. The molecule has 1 atom stereocenters. The standard InChI is InChI=1S/C24H26ClNO6/c1-5-32-16-8-6-7-15(13-16)20-19(22(28)24(29)26(20)9-10-30-3)21(27)17-11-14(2)12-18(25)23(17)31-4/h6-8,11-13,20,27H,5,9-10H2,1-4H3/b21-19+. The molecule has 1 aliphatic heterocycles. The molecule has 170 valence electrons. The summed E-state index contributed by atoms with van der Waals surface area (Å²) < 4.78 is 16.1. The van der Waals surface area contributed by atoms with E-state index < -0.39 is 17.7 Å². The second kappa shape index (κ2) is 10.1. The van der Waals surface area contributed by atoms with Crippen molar-refractivity contribution in [2.45, 2.75) is 19.9 Å². The van der Waals surface area contributed by atoms with E-state index in [1.165, 1.54) is 19.1 Å². The highest BCUT2D eigenvalue weighted by atomic mass is 35.5. The molecule has 2 aromatic rings. The molecule has 1 unspecified atom stereocenters. The SMILES string of the molecule is CCOc1cccc(C2/C(=C(\O)c3cc(C)cc(Cl)c3OC)C(=O)C(=O)N2CCOC)c1. The third-order valence-electron chi connectivity index (χ3n) is 5.21. The first-order chi connectivity index (χ1) is 15.3. The lowest BCUT2D eigenvalue weighted by molar-refractivity contribution is -0.140. The van der Waals surface area contributed by atoms with Gasteiger partial charge in [0, 0.05) is 13.7 Å². The Morgan fingerprint density at radius 2 is 1.94 bits per heavy atom. The van der Waals surface area contributed by atoms with E-state index in [2.05, 4.69) is 0 Å². The van der Waals surface area contributed by atoms with Gasteiger partial charge in [-0.05, 0) is 49.2 Å². The lowest BCUT2D eigenvalue weighted by Gasteiger charge is -2.25. The number of nitrogens with zero attached hydrogens (tertiary/aromatic N) is 1. The fourth-order valence-electron chi connectivity index (χ4n) is 3.85. The van der Waals surface area contributed by atoms with Crippen LogP contribution in [0.1, 0.15) is 29.7 Å². The number of aliphatic hydroxyl groups excluding tert-OH is 1. The van der Waals surface area contributed by atoms with Gasteiger partial charge in [-0.25, -0.2) is 0 Å². The summed E-state index contributed by atoms with van der Waals surface area (Å²) in [6.45, 7) is 4.54. The maximum atomic E-state index is 13.1. The summed E-state index contributed by atoms with van der Waals surface area (Å²) in [7, 11) is 2.94. The molecule has 1 heterocycles. The maximum Gasteiger partial charge on any atom is 0.295 e. The predicted octanol–water partition coefficient (Wildman–Crippen LogP) is 4.12. The number of carbonyl (C=O) groups is 2. The second-order valence-corrected chi connectivity index (χ2v) is 7.73. The molecule has 2 aromatic carbocycles. The van der Waals surface area contributed by atoms with Crippen LogP contribution < -0.4 is 9.47 Å². The molecule has 7 nitrogen and oxygen atoms in total. The molecule has 1 aliphatic rings. The first kappa shape index (κ1) is 23.6. The van der Waals surface area contributed by atoms with Crippen molar-refractivity contribution in [3.8, 4) is 11.5 Å². The summed E-state index contributed by atoms with van der Waals surface area (Å²) in [6.07, 6.45) is 0. The zero-order valence-corrected chi connectivity index (χ0v) is 19.2. The van der Waals surface area contributed by atoms with Crippen molar-refractivity contribution >= 4 is 29.1 Å². The van der Waals surface area contributed by atoms with Crippen LogP contribution in [0.4, 0.5) is 0 Å². The van der Waals surface area contributed by atoms with Crippen LogP contribution in [0.3, 0.4) is 0 Å². The molecule has 0 bridgehead atoms. The molecule has 8 heteroatoms. The van der Waals surface area contributed by atoms with E-state index in [9.17, 15) is 14.7 Å². The van der Waals surface area contributed by atoms with Gasteiger partial charge in [0.15, 0.2) is 0 Å². The number of Topliss-reactive ketones (excluding diaryl/α,β-unsaturated/α-hetero) is 1. The van der Waals surface area contributed by atoms with E-state index in [1.807, 2.05) is 13.8 Å². The first-order valence-corrected chi connectivity index (χ1v) is 10.6. The molecule has 0 radical (unpaired) electrons. The van der Waals surface area contributed by atoms with Crippen LogP contribution in [0.25, 0.3) is 5.76 Å². The normalized spacial score (nSPS) is 17.7. The summed E-state index contributed by atoms with van der Waals surface area (Å²) in [6, 6.07) is 9.64. The third-order valence-corrected chi connectivity index (χ3v) is 5.49. The van der Waals surface area contributed by atoms with Crippen LogP contribution in [0.5, 0.6) is 11.5 Å². The van der Waals surface area contributed by atoms with E-state index in [1.54, 1.807) is 36.4 Å². The van der Waals surface area contributed by atoms with Crippen LogP contribution in [-0.4, -0.2) is 55.7 Å². The number of carbonyl (C=O) groups excluding carboxylic acids is 2. The van der Waals surface area contributed by atoms with E-state index in [0.29, 0.717) is 17.9 Å². The minimum absolute atomic E-state index is 0.0419. The van der Waals surface area contributed by atoms with Gasteiger partial charge >= 0.3 is 0 Å². The van der Waals surface area contributed by atoms with Crippen LogP contribution >= 0.6 is 11.6 Å². The molecule has 0 spiro atoms. The highest BCUT2D eigenvalue weighted by Gasteiger charge is 2.46. The van der Waals surface area contributed by atoms with Gasteiger partial charge in [0.25, 0.3) is 11.7 Å². The van der Waals surface area contributed by atoms with Crippen LogP contribution in [0, 0.1) is 6.92 Å². The fraction of sp³-hybridized carbons (Fsp3) is 0.333. The van der Waals surface area contributed by atoms with Crippen LogP contribution in [0.15, 0.2) is 42.0 Å². The molecule has 1 N–H and O–H groups in total. The fourth-order valence-corrected chi connectivity index (χ4v) is 4.20. The molecular formula is C24H26ClNO6. The average Bonchev–Trinajstić information content (AvgIpc) is 3.02. The van der Waals surface area contributed by atoms with Gasteiger partial charge in [0.1, 0.15) is 17.3 Å². The van der Waals surface area contributed by atoms with E-state index in [0.717, 1.165) is 5.56 Å². The van der Waals surface area contributed by atoms with E-state index >= 15 is 0 Å². The van der Waals surface area contributed by atoms with Crippen molar-refractivity contribution in [2.24, 2.45) is 0 Å². The van der Waals surface area contributed by atoms with Crippen molar-refractivity contribution < 1.29 is 28.9 Å². The second-order valence-electron chi connectivity index (χ2n) is 7.32. The quantitative estimate of drug-likeness (QED) is 0.363. The topological polar surface area (TPSA) is 85.3 Å². The number of methoxy groups -OCH3 is 2. The lowest BCUT2D eigenvalue weighted by Crippen LogP contribution is -2.32. The Labute approximate surface area is 192 Å². The van der Waals surface area contributed by atoms with Gasteiger partial charge in [0.05, 0.1) is 42.5 Å². The summed E-state index contributed by atoms with van der Waals surface area (Å²) in [4.78, 5) is 27.4. The number of ether oxygens (including phenoxy) is 3. The zero-order valence-electron chi connectivity index (χ0n) is 18.5. The molecule has 0 aromatic heterocycles. The minimum atomic E-state index is -0.824. The van der Waals surface area contributed by atoms with Gasteiger partial charge in [0.2, 0.25) is 0 Å².